The SMILES string of the molecule is CC1CC(=O)N(c2ccc(Cl)cc2C#CCCO)C1=O. The maximum absolute atomic E-state index is 12.1. The molecule has 0 bridgehead atoms. The molecule has 4 nitrogen and oxygen atoms in total. The van der Waals surface area contributed by atoms with Crippen LogP contribution in [0.3, 0.4) is 0 Å². The third kappa shape index (κ3) is 2.84. The summed E-state index contributed by atoms with van der Waals surface area (Å²) in [7, 11) is 0. The average molecular weight is 292 g/mol. The third-order valence-electron chi connectivity index (χ3n) is 3.03. The van der Waals surface area contributed by atoms with Crippen molar-refractivity contribution < 1.29 is 14.7 Å². The monoisotopic (exact) mass is 291 g/mol. The number of nitrogens with zero attached hydrogens (tertiary/aromatic N) is 1. The largest absolute Gasteiger partial charge is 0.395 e. The molecule has 0 spiro atoms. The quantitative estimate of drug-likeness (QED) is 0.669. The second-order valence-corrected chi connectivity index (χ2v) is 5.05. The number of halogens is 1. The number of aliphatic hydroxyl groups is 1. The molecule has 5 heteroatoms. The summed E-state index contributed by atoms with van der Waals surface area (Å²) in [4.78, 5) is 25.2. The van der Waals surface area contributed by atoms with Crippen molar-refractivity contribution in [2.75, 3.05) is 11.5 Å². The van der Waals surface area contributed by atoms with Gasteiger partial charge >= 0.3 is 0 Å². The Morgan fingerprint density at radius 2 is 2.20 bits per heavy atom. The average Bonchev–Trinajstić information content (AvgIpc) is 2.65. The summed E-state index contributed by atoms with van der Waals surface area (Å²) in [6.07, 6.45) is 0.537. The number of hydrogen-bond donors (Lipinski definition) is 1. The van der Waals surface area contributed by atoms with E-state index in [0.29, 0.717) is 22.7 Å². The third-order valence-corrected chi connectivity index (χ3v) is 3.27. The van der Waals surface area contributed by atoms with Crippen molar-refractivity contribution in [2.24, 2.45) is 5.92 Å². The number of imide groups is 1. The minimum absolute atomic E-state index is 0.0402. The molecule has 1 aliphatic rings. The molecule has 1 atom stereocenters. The van der Waals surface area contributed by atoms with E-state index in [9.17, 15) is 9.59 Å². The first kappa shape index (κ1) is 14.6. The number of benzene rings is 1. The molecule has 1 aliphatic heterocycles. The van der Waals surface area contributed by atoms with E-state index in [1.165, 1.54) is 4.90 Å². The van der Waals surface area contributed by atoms with E-state index in [1.807, 2.05) is 0 Å². The van der Waals surface area contributed by atoms with Crippen molar-refractivity contribution in [2.45, 2.75) is 19.8 Å². The Labute approximate surface area is 122 Å². The molecule has 1 saturated heterocycles. The minimum Gasteiger partial charge on any atom is -0.395 e. The van der Waals surface area contributed by atoms with Crippen molar-refractivity contribution in [3.8, 4) is 11.8 Å². The van der Waals surface area contributed by atoms with Gasteiger partial charge in [0.25, 0.3) is 0 Å². The molecule has 0 radical (unpaired) electrons. The molecular weight excluding hydrogens is 278 g/mol. The second-order valence-electron chi connectivity index (χ2n) is 4.61. The van der Waals surface area contributed by atoms with Crippen molar-refractivity contribution in [1.29, 1.82) is 0 Å². The second kappa shape index (κ2) is 6.08. The van der Waals surface area contributed by atoms with Crippen molar-refractivity contribution in [3.05, 3.63) is 28.8 Å². The summed E-state index contributed by atoms with van der Waals surface area (Å²) in [6.45, 7) is 1.69. The van der Waals surface area contributed by atoms with Crippen molar-refractivity contribution in [3.63, 3.8) is 0 Å². The van der Waals surface area contributed by atoms with Gasteiger partial charge in [-0.3, -0.25) is 9.59 Å². The van der Waals surface area contributed by atoms with Gasteiger partial charge in [-0.25, -0.2) is 4.90 Å². The number of rotatable bonds is 2. The molecule has 2 amide bonds. The zero-order valence-corrected chi connectivity index (χ0v) is 11.8. The number of hydrogen-bond acceptors (Lipinski definition) is 3. The first-order chi connectivity index (χ1) is 9.54. The van der Waals surface area contributed by atoms with Gasteiger partial charge in [-0.2, -0.15) is 0 Å². The van der Waals surface area contributed by atoms with Crippen LogP contribution in [0.5, 0.6) is 0 Å². The standard InChI is InChI=1S/C15H14ClNO3/c1-10-8-14(19)17(15(10)20)13-6-5-12(16)9-11(13)4-2-3-7-18/h5-6,9-10,18H,3,7-8H2,1H3. The van der Waals surface area contributed by atoms with Crippen LogP contribution in [0.4, 0.5) is 5.69 Å². The molecule has 1 N–H and O–H groups in total. The molecule has 0 aromatic heterocycles. The molecule has 0 saturated carbocycles. The zero-order valence-electron chi connectivity index (χ0n) is 11.0. The summed E-state index contributed by atoms with van der Waals surface area (Å²) in [6, 6.07) is 4.86. The molecule has 104 valence electrons. The Hall–Kier alpha value is -1.83. The van der Waals surface area contributed by atoms with Crippen LogP contribution < -0.4 is 4.90 Å². The Morgan fingerprint density at radius 3 is 2.80 bits per heavy atom. The summed E-state index contributed by atoms with van der Waals surface area (Å²) < 4.78 is 0. The van der Waals surface area contributed by atoms with Crippen molar-refractivity contribution in [1.82, 2.24) is 0 Å². The van der Waals surface area contributed by atoms with Gasteiger partial charge in [-0.05, 0) is 18.2 Å². The molecule has 1 aromatic carbocycles. The van der Waals surface area contributed by atoms with Crippen LogP contribution in [0, 0.1) is 17.8 Å². The zero-order chi connectivity index (χ0) is 14.7. The van der Waals surface area contributed by atoms with E-state index >= 15 is 0 Å². The van der Waals surface area contributed by atoms with E-state index in [0.717, 1.165) is 0 Å². The highest BCUT2D eigenvalue weighted by Crippen LogP contribution is 2.30. The maximum atomic E-state index is 12.1. The van der Waals surface area contributed by atoms with Gasteiger partial charge in [0, 0.05) is 23.8 Å². The smallest absolute Gasteiger partial charge is 0.237 e. The number of anilines is 1. The number of aliphatic hydroxyl groups excluding tert-OH is 1. The number of carbonyl (C=O) groups is 2. The predicted molar refractivity (Wildman–Crippen MR) is 76.3 cm³/mol. The molecule has 1 fully saturated rings. The molecule has 1 heterocycles. The van der Waals surface area contributed by atoms with Gasteiger partial charge in [0.2, 0.25) is 11.8 Å². The van der Waals surface area contributed by atoms with Crippen LogP contribution in [0.2, 0.25) is 5.02 Å². The summed E-state index contributed by atoms with van der Waals surface area (Å²) in [5.74, 6) is 4.87. The first-order valence-electron chi connectivity index (χ1n) is 6.30. The summed E-state index contributed by atoms with van der Waals surface area (Å²) >= 11 is 5.93. The molecule has 0 aliphatic carbocycles. The fourth-order valence-electron chi connectivity index (χ4n) is 2.05. The van der Waals surface area contributed by atoms with Crippen molar-refractivity contribution >= 4 is 29.1 Å². The van der Waals surface area contributed by atoms with Gasteiger partial charge in [0.05, 0.1) is 17.9 Å². The summed E-state index contributed by atoms with van der Waals surface area (Å²) in [5, 5.41) is 9.23. The Bertz CT molecular complexity index is 615. The Morgan fingerprint density at radius 1 is 1.45 bits per heavy atom. The topological polar surface area (TPSA) is 57.6 Å². The van der Waals surface area contributed by atoms with Crippen LogP contribution in [0.15, 0.2) is 18.2 Å². The fraction of sp³-hybridized carbons (Fsp3) is 0.333. The Balaban J connectivity index is 2.44. The maximum Gasteiger partial charge on any atom is 0.237 e. The molecule has 20 heavy (non-hydrogen) atoms. The van der Waals surface area contributed by atoms with Crippen LogP contribution in [0.25, 0.3) is 0 Å². The lowest BCUT2D eigenvalue weighted by molar-refractivity contribution is -0.122. The minimum atomic E-state index is -0.309. The lowest BCUT2D eigenvalue weighted by Crippen LogP contribution is -2.30. The van der Waals surface area contributed by atoms with Gasteiger partial charge in [0.15, 0.2) is 0 Å². The highest BCUT2D eigenvalue weighted by Gasteiger charge is 2.37. The summed E-state index contributed by atoms with van der Waals surface area (Å²) in [5.41, 5.74) is 0.973. The number of amides is 2. The molecule has 2 rings (SSSR count). The van der Waals surface area contributed by atoms with E-state index in [2.05, 4.69) is 11.8 Å². The molecule has 1 aromatic rings. The van der Waals surface area contributed by atoms with Gasteiger partial charge in [0.1, 0.15) is 0 Å². The molecule has 1 unspecified atom stereocenters. The highest BCUT2D eigenvalue weighted by atomic mass is 35.5. The van der Waals surface area contributed by atoms with Gasteiger partial charge in [-0.1, -0.05) is 30.4 Å². The van der Waals surface area contributed by atoms with E-state index in [1.54, 1.807) is 25.1 Å². The normalized spacial score (nSPS) is 18.1. The highest BCUT2D eigenvalue weighted by molar-refractivity contribution is 6.31. The molecular formula is C15H14ClNO3. The Kier molecular flexibility index (Phi) is 4.43. The van der Waals surface area contributed by atoms with Crippen LogP contribution in [-0.4, -0.2) is 23.5 Å². The van der Waals surface area contributed by atoms with E-state index in [-0.39, 0.29) is 30.8 Å². The number of carbonyl (C=O) groups excluding carboxylic acids is 2. The lowest BCUT2D eigenvalue weighted by Gasteiger charge is -2.16. The van der Waals surface area contributed by atoms with E-state index < -0.39 is 0 Å². The lowest BCUT2D eigenvalue weighted by atomic mass is 10.1. The van der Waals surface area contributed by atoms with Gasteiger partial charge < -0.3 is 5.11 Å². The van der Waals surface area contributed by atoms with Gasteiger partial charge in [-0.15, -0.1) is 0 Å². The first-order valence-corrected chi connectivity index (χ1v) is 6.68. The predicted octanol–water partition coefficient (Wildman–Crippen LogP) is 1.97. The fourth-order valence-corrected chi connectivity index (χ4v) is 2.23. The van der Waals surface area contributed by atoms with Crippen LogP contribution in [0.1, 0.15) is 25.3 Å². The van der Waals surface area contributed by atoms with E-state index in [4.69, 9.17) is 16.7 Å². The van der Waals surface area contributed by atoms with Crippen LogP contribution in [-0.2, 0) is 9.59 Å². The van der Waals surface area contributed by atoms with Crippen LogP contribution >= 0.6 is 11.6 Å².